The molecule has 1 atom stereocenters. The van der Waals surface area contributed by atoms with Crippen LogP contribution in [-0.4, -0.2) is 27.9 Å². The number of benzene rings is 2. The highest BCUT2D eigenvalue weighted by atomic mass is 32.2. The minimum atomic E-state index is -4.80. The van der Waals surface area contributed by atoms with E-state index in [0.29, 0.717) is 23.9 Å². The summed E-state index contributed by atoms with van der Waals surface area (Å²) >= 11 is 1.14. The van der Waals surface area contributed by atoms with Crippen molar-refractivity contribution in [3.8, 4) is 11.1 Å². The van der Waals surface area contributed by atoms with Crippen LogP contribution in [0.2, 0.25) is 0 Å². The molecule has 2 aliphatic heterocycles. The molecule has 2 aliphatic rings. The van der Waals surface area contributed by atoms with Crippen molar-refractivity contribution in [3.63, 3.8) is 0 Å². The molecule has 0 bridgehead atoms. The third-order valence-electron chi connectivity index (χ3n) is 6.34. The van der Waals surface area contributed by atoms with Crippen LogP contribution in [0.1, 0.15) is 31.7 Å². The van der Waals surface area contributed by atoms with Crippen molar-refractivity contribution in [2.24, 2.45) is 0 Å². The Kier molecular flexibility index (Phi) is 5.38. The minimum absolute atomic E-state index is 0.0206. The zero-order chi connectivity index (χ0) is 23.5. The lowest BCUT2D eigenvalue weighted by molar-refractivity contribution is -0.137. The number of thioether (sulfide) groups is 1. The molecule has 0 aliphatic carbocycles. The van der Waals surface area contributed by atoms with E-state index in [4.69, 9.17) is 0 Å². The number of halogens is 5. The zero-order valence-electron chi connectivity index (χ0n) is 17.7. The van der Waals surface area contributed by atoms with E-state index in [1.165, 1.54) is 4.57 Å². The topological polar surface area (TPSA) is 38.1 Å². The van der Waals surface area contributed by atoms with Gasteiger partial charge in [0.2, 0.25) is 0 Å². The predicted octanol–water partition coefficient (Wildman–Crippen LogP) is 5.85. The van der Waals surface area contributed by atoms with Gasteiger partial charge in [-0.15, -0.1) is 11.8 Å². The molecule has 0 spiro atoms. The van der Waals surface area contributed by atoms with Crippen molar-refractivity contribution < 1.29 is 22.0 Å². The Bertz CT molecular complexity index is 1320. The van der Waals surface area contributed by atoms with Gasteiger partial charge in [0, 0.05) is 52.4 Å². The number of rotatable bonds is 2. The van der Waals surface area contributed by atoms with Crippen molar-refractivity contribution in [1.29, 1.82) is 0 Å². The average Bonchev–Trinajstić information content (AvgIpc) is 2.76. The van der Waals surface area contributed by atoms with Gasteiger partial charge >= 0.3 is 11.9 Å². The summed E-state index contributed by atoms with van der Waals surface area (Å²) in [5.74, 6) is -1.40. The summed E-state index contributed by atoms with van der Waals surface area (Å²) in [6.45, 7) is 2.84. The second-order valence-electron chi connectivity index (χ2n) is 8.40. The van der Waals surface area contributed by atoms with Crippen LogP contribution in [-0.2, 0) is 12.7 Å². The van der Waals surface area contributed by atoms with E-state index in [9.17, 15) is 26.7 Å². The van der Waals surface area contributed by atoms with E-state index in [1.54, 1.807) is 0 Å². The molecular formula is C23H20F5N3OS. The molecule has 0 N–H and O–H groups in total. The Balaban J connectivity index is 1.92. The highest BCUT2D eigenvalue weighted by Crippen LogP contribution is 2.49. The van der Waals surface area contributed by atoms with Crippen molar-refractivity contribution in [2.45, 2.75) is 49.8 Å². The predicted molar refractivity (Wildman–Crippen MR) is 118 cm³/mol. The molecule has 33 heavy (non-hydrogen) atoms. The summed E-state index contributed by atoms with van der Waals surface area (Å²) in [4.78, 5) is 19.2. The molecule has 3 aromatic rings. The summed E-state index contributed by atoms with van der Waals surface area (Å²) in [6, 6.07) is 3.52. The van der Waals surface area contributed by atoms with E-state index in [1.807, 2.05) is 11.8 Å². The quantitative estimate of drug-likeness (QED) is 0.431. The number of aromatic nitrogens is 2. The highest BCUT2D eigenvalue weighted by Gasteiger charge is 2.39. The summed E-state index contributed by atoms with van der Waals surface area (Å²) in [5.41, 5.74) is -1.96. The fourth-order valence-corrected chi connectivity index (χ4v) is 5.99. The second-order valence-corrected chi connectivity index (χ2v) is 9.51. The maximum Gasteiger partial charge on any atom is 0.417 e. The molecule has 1 fully saturated rings. The molecule has 0 amide bonds. The van der Waals surface area contributed by atoms with Gasteiger partial charge in [-0.2, -0.15) is 18.2 Å². The van der Waals surface area contributed by atoms with E-state index < -0.39 is 29.1 Å². The highest BCUT2D eigenvalue weighted by molar-refractivity contribution is 7.99. The summed E-state index contributed by atoms with van der Waals surface area (Å²) in [5, 5.41) is 0.226. The first-order valence-corrected chi connectivity index (χ1v) is 11.7. The van der Waals surface area contributed by atoms with Crippen molar-refractivity contribution in [1.82, 2.24) is 9.55 Å². The van der Waals surface area contributed by atoms with Gasteiger partial charge in [0.05, 0.1) is 11.1 Å². The van der Waals surface area contributed by atoms with Crippen LogP contribution in [0.15, 0.2) is 34.0 Å². The van der Waals surface area contributed by atoms with Gasteiger partial charge in [0.25, 0.3) is 0 Å². The van der Waals surface area contributed by atoms with Crippen LogP contribution < -0.4 is 10.6 Å². The monoisotopic (exact) mass is 481 g/mol. The first-order chi connectivity index (χ1) is 15.7. The number of anilines is 1. The van der Waals surface area contributed by atoms with Crippen molar-refractivity contribution >= 4 is 28.5 Å². The van der Waals surface area contributed by atoms with E-state index >= 15 is 0 Å². The van der Waals surface area contributed by atoms with Crippen LogP contribution in [0.5, 0.6) is 0 Å². The van der Waals surface area contributed by atoms with Crippen LogP contribution in [0.3, 0.4) is 0 Å². The molecule has 5 rings (SSSR count). The number of alkyl halides is 3. The largest absolute Gasteiger partial charge is 0.417 e. The Morgan fingerprint density at radius 2 is 1.91 bits per heavy atom. The summed E-state index contributed by atoms with van der Waals surface area (Å²) in [7, 11) is 0. The first-order valence-electron chi connectivity index (χ1n) is 10.7. The smallest absolute Gasteiger partial charge is 0.353 e. The Labute approximate surface area is 190 Å². The molecule has 1 aromatic heterocycles. The van der Waals surface area contributed by atoms with Crippen molar-refractivity contribution in [3.05, 3.63) is 51.9 Å². The maximum atomic E-state index is 14.7. The number of aryl methyl sites for hydroxylation is 1. The van der Waals surface area contributed by atoms with E-state index in [2.05, 4.69) is 4.98 Å². The number of hydrogen-bond acceptors (Lipinski definition) is 4. The lowest BCUT2D eigenvalue weighted by Gasteiger charge is -2.36. The van der Waals surface area contributed by atoms with Gasteiger partial charge in [-0.1, -0.05) is 0 Å². The van der Waals surface area contributed by atoms with Gasteiger partial charge in [-0.05, 0) is 44.4 Å². The van der Waals surface area contributed by atoms with Gasteiger partial charge in [0.15, 0.2) is 0 Å². The number of piperidine rings is 1. The Morgan fingerprint density at radius 3 is 2.61 bits per heavy atom. The Morgan fingerprint density at radius 1 is 1.12 bits per heavy atom. The van der Waals surface area contributed by atoms with Gasteiger partial charge in [0.1, 0.15) is 17.5 Å². The molecule has 3 heterocycles. The van der Waals surface area contributed by atoms with Crippen LogP contribution >= 0.6 is 11.8 Å². The molecule has 2 aromatic carbocycles. The molecule has 4 nitrogen and oxygen atoms in total. The van der Waals surface area contributed by atoms with E-state index in [-0.39, 0.29) is 39.8 Å². The molecule has 10 heteroatoms. The molecule has 0 unspecified atom stereocenters. The third-order valence-corrected chi connectivity index (χ3v) is 7.41. The molecule has 0 saturated carbocycles. The second kappa shape index (κ2) is 8.00. The summed E-state index contributed by atoms with van der Waals surface area (Å²) in [6.07, 6.45) is -2.11. The molecule has 174 valence electrons. The van der Waals surface area contributed by atoms with Gasteiger partial charge in [-0.3, -0.25) is 4.57 Å². The van der Waals surface area contributed by atoms with Crippen molar-refractivity contribution in [2.75, 3.05) is 17.2 Å². The van der Waals surface area contributed by atoms with Crippen LogP contribution in [0.4, 0.5) is 27.8 Å². The van der Waals surface area contributed by atoms with Gasteiger partial charge < -0.3 is 4.90 Å². The lowest BCUT2D eigenvalue weighted by atomic mass is 9.95. The average molecular weight is 481 g/mol. The molecular weight excluding hydrogens is 461 g/mol. The standard InChI is InChI=1S/C23H20F5N3OS/c1-12-4-2-3-7-30(12)21-15-11-16(23(26,27)28)18(14-6-5-13(24)10-17(14)25)20-19(15)31(8-9-33-20)22(32)29-21/h5-6,10-12H,2-4,7-9H2,1H3/t12-/m0/s1. The molecule has 0 radical (unpaired) electrons. The summed E-state index contributed by atoms with van der Waals surface area (Å²) < 4.78 is 72.6. The lowest BCUT2D eigenvalue weighted by Crippen LogP contribution is -2.40. The SMILES string of the molecule is C[C@H]1CCCCN1c1nc(=O)n2c3c(c(-c4ccc(F)cc4F)c(C(F)(F)F)cc13)SCC2. The zero-order valence-corrected chi connectivity index (χ0v) is 18.5. The van der Waals surface area contributed by atoms with Gasteiger partial charge in [-0.25, -0.2) is 13.6 Å². The third kappa shape index (κ3) is 3.68. The normalized spacial score (nSPS) is 18.7. The fourth-order valence-electron chi connectivity index (χ4n) is 4.80. The minimum Gasteiger partial charge on any atom is -0.353 e. The fraction of sp³-hybridized carbons (Fsp3) is 0.391. The molecule has 1 saturated heterocycles. The van der Waals surface area contributed by atoms with Crippen LogP contribution in [0, 0.1) is 11.6 Å². The van der Waals surface area contributed by atoms with Crippen LogP contribution in [0.25, 0.3) is 22.0 Å². The Hall–Kier alpha value is -2.62. The number of hydrogen-bond donors (Lipinski definition) is 0. The first kappa shape index (κ1) is 22.2. The number of nitrogens with zero attached hydrogens (tertiary/aromatic N) is 3. The van der Waals surface area contributed by atoms with E-state index in [0.717, 1.165) is 49.2 Å². The maximum absolute atomic E-state index is 14.7.